The van der Waals surface area contributed by atoms with Crippen LogP contribution in [0.5, 0.6) is 0 Å². The summed E-state index contributed by atoms with van der Waals surface area (Å²) in [6, 6.07) is 0. The lowest BCUT2D eigenvalue weighted by molar-refractivity contribution is -0.121. The van der Waals surface area contributed by atoms with E-state index in [1.54, 1.807) is 0 Å². The molecule has 0 bridgehead atoms. The summed E-state index contributed by atoms with van der Waals surface area (Å²) in [5, 5.41) is 6.88. The molecule has 0 aromatic carbocycles. The van der Waals surface area contributed by atoms with Crippen LogP contribution in [0, 0.1) is 0 Å². The van der Waals surface area contributed by atoms with Crippen molar-refractivity contribution >= 4 is 18.3 Å². The third-order valence-corrected chi connectivity index (χ3v) is 4.27. The highest BCUT2D eigenvalue weighted by Crippen LogP contribution is 2.38. The Labute approximate surface area is 138 Å². The lowest BCUT2D eigenvalue weighted by Gasteiger charge is -2.26. The lowest BCUT2D eigenvalue weighted by atomic mass is 9.94. The zero-order valence-corrected chi connectivity index (χ0v) is 14.2. The monoisotopic (exact) mass is 330 g/mol. The number of nitrogens with zero attached hydrogens (tertiary/aromatic N) is 2. The Balaban J connectivity index is 0.00000242. The van der Waals surface area contributed by atoms with Gasteiger partial charge in [0.25, 0.3) is 0 Å². The van der Waals surface area contributed by atoms with Gasteiger partial charge in [0, 0.05) is 30.8 Å². The SMILES string of the molecule is CCC(N)(CC)CNC(=O)CCCc1nc(C2CC2)no1.Cl. The van der Waals surface area contributed by atoms with Gasteiger partial charge in [-0.3, -0.25) is 4.79 Å². The molecule has 0 radical (unpaired) electrons. The molecule has 1 aromatic heterocycles. The molecule has 0 saturated heterocycles. The fourth-order valence-electron chi connectivity index (χ4n) is 2.14. The highest BCUT2D eigenvalue weighted by atomic mass is 35.5. The van der Waals surface area contributed by atoms with E-state index in [2.05, 4.69) is 15.5 Å². The molecule has 0 atom stereocenters. The number of halogens is 1. The molecule has 1 aliphatic carbocycles. The van der Waals surface area contributed by atoms with Crippen LogP contribution in [0.3, 0.4) is 0 Å². The molecule has 6 nitrogen and oxygen atoms in total. The molecule has 3 N–H and O–H groups in total. The molecule has 0 unspecified atom stereocenters. The van der Waals surface area contributed by atoms with Crippen molar-refractivity contribution in [3.05, 3.63) is 11.7 Å². The first-order valence-electron chi connectivity index (χ1n) is 7.94. The van der Waals surface area contributed by atoms with E-state index in [1.807, 2.05) is 13.8 Å². The van der Waals surface area contributed by atoms with E-state index in [-0.39, 0.29) is 23.9 Å². The summed E-state index contributed by atoms with van der Waals surface area (Å²) < 4.78 is 5.18. The number of aromatic nitrogens is 2. The first kappa shape index (κ1) is 18.9. The number of nitrogens with two attached hydrogens (primary N) is 1. The number of amides is 1. The summed E-state index contributed by atoms with van der Waals surface area (Å²) >= 11 is 0. The van der Waals surface area contributed by atoms with Crippen LogP contribution in [0.4, 0.5) is 0 Å². The molecule has 0 aliphatic heterocycles. The van der Waals surface area contributed by atoms with Gasteiger partial charge >= 0.3 is 0 Å². The Kier molecular flexibility index (Phi) is 7.29. The van der Waals surface area contributed by atoms with E-state index in [9.17, 15) is 4.79 Å². The van der Waals surface area contributed by atoms with E-state index in [0.717, 1.165) is 31.5 Å². The van der Waals surface area contributed by atoms with E-state index in [0.29, 0.717) is 37.6 Å². The maximum absolute atomic E-state index is 11.8. The lowest BCUT2D eigenvalue weighted by Crippen LogP contribution is -2.49. The molecular formula is C15H27ClN4O2. The Hall–Kier alpha value is -1.14. The molecule has 126 valence electrons. The quantitative estimate of drug-likeness (QED) is 0.724. The van der Waals surface area contributed by atoms with Gasteiger partial charge in [0.1, 0.15) is 0 Å². The predicted molar refractivity (Wildman–Crippen MR) is 87.0 cm³/mol. The molecule has 0 spiro atoms. The second-order valence-corrected chi connectivity index (χ2v) is 6.02. The molecule has 2 rings (SSSR count). The van der Waals surface area contributed by atoms with Crippen LogP contribution in [0.2, 0.25) is 0 Å². The van der Waals surface area contributed by atoms with Gasteiger partial charge in [-0.25, -0.2) is 0 Å². The summed E-state index contributed by atoms with van der Waals surface area (Å²) in [5.74, 6) is 2.01. The maximum Gasteiger partial charge on any atom is 0.226 e. The fourth-order valence-corrected chi connectivity index (χ4v) is 2.14. The second kappa shape index (κ2) is 8.48. The van der Waals surface area contributed by atoms with Crippen LogP contribution in [-0.4, -0.2) is 28.1 Å². The molecule has 1 aliphatic rings. The molecule has 1 fully saturated rings. The Morgan fingerprint density at radius 3 is 2.68 bits per heavy atom. The van der Waals surface area contributed by atoms with Crippen LogP contribution in [0.1, 0.15) is 70.0 Å². The smallest absolute Gasteiger partial charge is 0.226 e. The van der Waals surface area contributed by atoms with E-state index in [4.69, 9.17) is 10.3 Å². The van der Waals surface area contributed by atoms with Gasteiger partial charge in [-0.05, 0) is 32.1 Å². The van der Waals surface area contributed by atoms with Gasteiger partial charge < -0.3 is 15.6 Å². The average Bonchev–Trinajstić information content (AvgIpc) is 3.24. The van der Waals surface area contributed by atoms with E-state index < -0.39 is 0 Å². The summed E-state index contributed by atoms with van der Waals surface area (Å²) in [4.78, 5) is 16.2. The summed E-state index contributed by atoms with van der Waals surface area (Å²) in [7, 11) is 0. The molecule has 1 heterocycles. The first-order valence-corrected chi connectivity index (χ1v) is 7.94. The highest BCUT2D eigenvalue weighted by molar-refractivity contribution is 5.85. The first-order chi connectivity index (χ1) is 10.1. The number of nitrogens with one attached hydrogen (secondary N) is 1. The van der Waals surface area contributed by atoms with Crippen LogP contribution in [0.25, 0.3) is 0 Å². The zero-order valence-electron chi connectivity index (χ0n) is 13.4. The number of carbonyl (C=O) groups excluding carboxylic acids is 1. The average molecular weight is 331 g/mol. The standard InChI is InChI=1S/C15H26N4O2.ClH/c1-3-15(16,4-2)10-17-12(20)6-5-7-13-18-14(19-21-13)11-8-9-11;/h11H,3-10,16H2,1-2H3,(H,17,20);1H. The Morgan fingerprint density at radius 1 is 1.41 bits per heavy atom. The van der Waals surface area contributed by atoms with Crippen molar-refractivity contribution in [1.29, 1.82) is 0 Å². The third kappa shape index (κ3) is 5.57. The number of hydrogen-bond acceptors (Lipinski definition) is 5. The Bertz CT molecular complexity index is 470. The zero-order chi connectivity index (χ0) is 15.3. The summed E-state index contributed by atoms with van der Waals surface area (Å²) in [6.07, 6.45) is 5.88. The molecule has 1 aromatic rings. The van der Waals surface area contributed by atoms with Gasteiger partial charge in [0.2, 0.25) is 11.8 Å². The van der Waals surface area contributed by atoms with Gasteiger partial charge in [-0.2, -0.15) is 4.98 Å². The normalized spacial score (nSPS) is 14.5. The van der Waals surface area contributed by atoms with Gasteiger partial charge in [-0.15, -0.1) is 12.4 Å². The Morgan fingerprint density at radius 2 is 2.09 bits per heavy atom. The minimum absolute atomic E-state index is 0. The minimum atomic E-state index is -0.290. The number of aryl methyl sites for hydroxylation is 1. The molecular weight excluding hydrogens is 304 g/mol. The number of rotatable bonds is 9. The van der Waals surface area contributed by atoms with Crippen molar-refractivity contribution in [2.24, 2.45) is 5.73 Å². The summed E-state index contributed by atoms with van der Waals surface area (Å²) in [5.41, 5.74) is 5.86. The molecule has 22 heavy (non-hydrogen) atoms. The summed E-state index contributed by atoms with van der Waals surface area (Å²) in [6.45, 7) is 4.62. The van der Waals surface area contributed by atoms with Gasteiger partial charge in [0.05, 0.1) is 0 Å². The minimum Gasteiger partial charge on any atom is -0.354 e. The van der Waals surface area contributed by atoms with Crippen molar-refractivity contribution < 1.29 is 9.32 Å². The van der Waals surface area contributed by atoms with Crippen molar-refractivity contribution in [3.63, 3.8) is 0 Å². The maximum atomic E-state index is 11.8. The van der Waals surface area contributed by atoms with Crippen LogP contribution in [0.15, 0.2) is 4.52 Å². The molecule has 1 amide bonds. The van der Waals surface area contributed by atoms with Crippen molar-refractivity contribution in [2.75, 3.05) is 6.54 Å². The van der Waals surface area contributed by atoms with Crippen molar-refractivity contribution in [1.82, 2.24) is 15.5 Å². The molecule has 7 heteroatoms. The molecule has 1 saturated carbocycles. The van der Waals surface area contributed by atoms with Gasteiger partial charge in [0.15, 0.2) is 5.82 Å². The van der Waals surface area contributed by atoms with E-state index in [1.165, 1.54) is 0 Å². The van der Waals surface area contributed by atoms with Crippen LogP contribution in [-0.2, 0) is 11.2 Å². The fraction of sp³-hybridized carbons (Fsp3) is 0.800. The number of hydrogen-bond donors (Lipinski definition) is 2. The number of carbonyl (C=O) groups is 1. The predicted octanol–water partition coefficient (Wildman–Crippen LogP) is 2.33. The van der Waals surface area contributed by atoms with Gasteiger partial charge in [-0.1, -0.05) is 19.0 Å². The highest BCUT2D eigenvalue weighted by Gasteiger charge is 2.28. The van der Waals surface area contributed by atoms with Crippen LogP contribution < -0.4 is 11.1 Å². The van der Waals surface area contributed by atoms with E-state index >= 15 is 0 Å². The topological polar surface area (TPSA) is 94.0 Å². The van der Waals surface area contributed by atoms with Crippen molar-refractivity contribution in [2.45, 2.75) is 70.3 Å². The van der Waals surface area contributed by atoms with Crippen LogP contribution >= 0.6 is 12.4 Å². The third-order valence-electron chi connectivity index (χ3n) is 4.27. The largest absolute Gasteiger partial charge is 0.354 e. The second-order valence-electron chi connectivity index (χ2n) is 6.02. The van der Waals surface area contributed by atoms with Crippen molar-refractivity contribution in [3.8, 4) is 0 Å².